The van der Waals surface area contributed by atoms with Crippen LogP contribution in [0.3, 0.4) is 0 Å². The van der Waals surface area contributed by atoms with Gasteiger partial charge in [-0.3, -0.25) is 9.59 Å². The van der Waals surface area contributed by atoms with E-state index >= 15 is 0 Å². The van der Waals surface area contributed by atoms with Crippen molar-refractivity contribution in [2.75, 3.05) is 13.1 Å². The fourth-order valence-electron chi connectivity index (χ4n) is 4.15. The Labute approximate surface area is 216 Å². The third-order valence-corrected chi connectivity index (χ3v) is 6.00. The summed E-state index contributed by atoms with van der Waals surface area (Å²) in [5.74, 6) is -0.601. The van der Waals surface area contributed by atoms with E-state index in [1.54, 1.807) is 20.8 Å². The average Bonchev–Trinajstić information content (AvgIpc) is 2.78. The summed E-state index contributed by atoms with van der Waals surface area (Å²) in [5, 5.41) is 2.84. The Morgan fingerprint density at radius 2 is 1.47 bits per heavy atom. The zero-order valence-corrected chi connectivity index (χ0v) is 23.1. The highest BCUT2D eigenvalue weighted by Crippen LogP contribution is 2.26. The molecule has 7 nitrogen and oxygen atoms in total. The van der Waals surface area contributed by atoms with E-state index in [2.05, 4.69) is 11.9 Å². The summed E-state index contributed by atoms with van der Waals surface area (Å²) in [6, 6.07) is 7.05. The van der Waals surface area contributed by atoms with Crippen LogP contribution < -0.4 is 5.32 Å². The summed E-state index contributed by atoms with van der Waals surface area (Å²) < 4.78 is 10.8. The standard InChI is InChI=1S/C29H44N2O5/c1-20(12-17-24(32)35-28(3,4)5)22-13-15-23(16-14-22)21(2)25(30-27(34)36-29(6,7)8)26(33)31-18-10-9-11-19-31/h13-16,21,25H,1,9-12,17-19H2,2-8H3,(H,30,34)/t21?,25-/m0/s1. The lowest BCUT2D eigenvalue weighted by atomic mass is 9.90. The zero-order valence-electron chi connectivity index (χ0n) is 23.1. The maximum absolute atomic E-state index is 13.4. The maximum Gasteiger partial charge on any atom is 0.408 e. The quantitative estimate of drug-likeness (QED) is 0.454. The van der Waals surface area contributed by atoms with Gasteiger partial charge in [-0.2, -0.15) is 0 Å². The van der Waals surface area contributed by atoms with Gasteiger partial charge in [-0.1, -0.05) is 37.8 Å². The molecule has 1 N–H and O–H groups in total. The van der Waals surface area contributed by atoms with Crippen molar-refractivity contribution in [2.24, 2.45) is 0 Å². The van der Waals surface area contributed by atoms with Crippen molar-refractivity contribution in [3.63, 3.8) is 0 Å². The van der Waals surface area contributed by atoms with Crippen LogP contribution in [-0.4, -0.2) is 53.2 Å². The number of allylic oxidation sites excluding steroid dienone is 1. The highest BCUT2D eigenvalue weighted by Gasteiger charge is 2.33. The van der Waals surface area contributed by atoms with Crippen LogP contribution in [0.15, 0.2) is 30.8 Å². The number of benzene rings is 1. The topological polar surface area (TPSA) is 84.9 Å². The number of likely N-dealkylation sites (tertiary alicyclic amines) is 1. The fourth-order valence-corrected chi connectivity index (χ4v) is 4.15. The molecule has 0 radical (unpaired) electrons. The normalized spacial score (nSPS) is 16.0. The summed E-state index contributed by atoms with van der Waals surface area (Å²) in [7, 11) is 0. The Balaban J connectivity index is 2.12. The van der Waals surface area contributed by atoms with Crippen LogP contribution in [0.5, 0.6) is 0 Å². The predicted molar refractivity (Wildman–Crippen MR) is 143 cm³/mol. The molecule has 0 aromatic heterocycles. The zero-order chi connectivity index (χ0) is 27.1. The molecule has 1 unspecified atom stereocenters. The predicted octanol–water partition coefficient (Wildman–Crippen LogP) is 5.83. The van der Waals surface area contributed by atoms with Gasteiger partial charge in [-0.25, -0.2) is 4.79 Å². The second-order valence-electron chi connectivity index (χ2n) is 11.6. The minimum atomic E-state index is -0.737. The number of nitrogens with zero attached hydrogens (tertiary/aromatic N) is 1. The third-order valence-electron chi connectivity index (χ3n) is 6.00. The van der Waals surface area contributed by atoms with Gasteiger partial charge in [0, 0.05) is 25.4 Å². The molecule has 2 amide bonds. The highest BCUT2D eigenvalue weighted by molar-refractivity contribution is 5.87. The van der Waals surface area contributed by atoms with E-state index in [4.69, 9.17) is 9.47 Å². The third kappa shape index (κ3) is 9.67. The van der Waals surface area contributed by atoms with Crippen LogP contribution in [0, 0.1) is 0 Å². The number of alkyl carbamates (subject to hydrolysis) is 1. The molecule has 36 heavy (non-hydrogen) atoms. The van der Waals surface area contributed by atoms with Crippen molar-refractivity contribution in [3.05, 3.63) is 42.0 Å². The second kappa shape index (κ2) is 12.4. The number of nitrogens with one attached hydrogen (secondary N) is 1. The lowest BCUT2D eigenvalue weighted by Gasteiger charge is -2.33. The van der Waals surface area contributed by atoms with E-state index in [0.717, 1.165) is 36.0 Å². The van der Waals surface area contributed by atoms with Gasteiger partial charge in [0.1, 0.15) is 17.2 Å². The molecule has 0 saturated carbocycles. The van der Waals surface area contributed by atoms with Crippen LogP contribution >= 0.6 is 0 Å². The van der Waals surface area contributed by atoms with Crippen LogP contribution in [0.25, 0.3) is 5.57 Å². The van der Waals surface area contributed by atoms with Crippen molar-refractivity contribution < 1.29 is 23.9 Å². The van der Waals surface area contributed by atoms with E-state index in [9.17, 15) is 14.4 Å². The lowest BCUT2D eigenvalue weighted by molar-refractivity contribution is -0.154. The van der Waals surface area contributed by atoms with Crippen molar-refractivity contribution in [3.8, 4) is 0 Å². The number of ether oxygens (including phenoxy) is 2. The molecule has 0 aliphatic carbocycles. The minimum absolute atomic E-state index is 0.0843. The Hall–Kier alpha value is -2.83. The second-order valence-corrected chi connectivity index (χ2v) is 11.6. The Morgan fingerprint density at radius 1 is 0.917 bits per heavy atom. The number of carbonyl (C=O) groups is 3. The lowest BCUT2D eigenvalue weighted by Crippen LogP contribution is -2.53. The largest absolute Gasteiger partial charge is 0.460 e. The number of amides is 2. The van der Waals surface area contributed by atoms with E-state index in [-0.39, 0.29) is 24.2 Å². The summed E-state index contributed by atoms with van der Waals surface area (Å²) in [4.78, 5) is 39.9. The van der Waals surface area contributed by atoms with E-state index in [1.165, 1.54) is 0 Å². The molecule has 2 rings (SSSR count). The smallest absolute Gasteiger partial charge is 0.408 e. The summed E-state index contributed by atoms with van der Waals surface area (Å²) in [6.45, 7) is 18.4. The van der Waals surface area contributed by atoms with Crippen molar-refractivity contribution in [1.82, 2.24) is 10.2 Å². The number of carbonyl (C=O) groups excluding carboxylic acids is 3. The molecule has 1 aromatic rings. The Morgan fingerprint density at radius 3 is 2.00 bits per heavy atom. The summed E-state index contributed by atoms with van der Waals surface area (Å²) in [6.07, 6.45) is 3.22. The minimum Gasteiger partial charge on any atom is -0.460 e. The number of hydrogen-bond acceptors (Lipinski definition) is 5. The van der Waals surface area contributed by atoms with Gasteiger partial charge >= 0.3 is 12.1 Å². The number of hydrogen-bond donors (Lipinski definition) is 1. The first kappa shape index (κ1) is 29.4. The molecule has 1 aliphatic heterocycles. The van der Waals surface area contributed by atoms with Gasteiger partial charge in [-0.15, -0.1) is 0 Å². The summed E-state index contributed by atoms with van der Waals surface area (Å²) >= 11 is 0. The summed E-state index contributed by atoms with van der Waals surface area (Å²) in [5.41, 5.74) is 1.52. The van der Waals surface area contributed by atoms with Gasteiger partial charge < -0.3 is 19.7 Å². The molecule has 200 valence electrons. The molecule has 1 heterocycles. The first-order valence-electron chi connectivity index (χ1n) is 12.9. The van der Waals surface area contributed by atoms with Crippen LogP contribution in [0.2, 0.25) is 0 Å². The number of rotatable bonds is 8. The van der Waals surface area contributed by atoms with Gasteiger partial charge in [0.05, 0.1) is 0 Å². The van der Waals surface area contributed by atoms with Crippen molar-refractivity contribution in [1.29, 1.82) is 0 Å². The van der Waals surface area contributed by atoms with Crippen LogP contribution in [0.4, 0.5) is 4.79 Å². The number of esters is 1. The monoisotopic (exact) mass is 500 g/mol. The van der Waals surface area contributed by atoms with Gasteiger partial charge in [-0.05, 0) is 83.9 Å². The molecule has 0 spiro atoms. The molecule has 7 heteroatoms. The van der Waals surface area contributed by atoms with Crippen molar-refractivity contribution in [2.45, 2.75) is 104 Å². The molecule has 1 fully saturated rings. The Bertz CT molecular complexity index is 918. The first-order valence-corrected chi connectivity index (χ1v) is 12.9. The first-order chi connectivity index (χ1) is 16.7. The van der Waals surface area contributed by atoms with Crippen LogP contribution in [0.1, 0.15) is 97.6 Å². The highest BCUT2D eigenvalue weighted by atomic mass is 16.6. The van der Waals surface area contributed by atoms with E-state index in [1.807, 2.05) is 56.9 Å². The molecule has 1 aliphatic rings. The molecular weight excluding hydrogens is 456 g/mol. The van der Waals surface area contributed by atoms with Gasteiger partial charge in [0.2, 0.25) is 5.91 Å². The SMILES string of the molecule is C=C(CCC(=O)OC(C)(C)C)c1ccc(C(C)[C@H](NC(=O)OC(C)(C)C)C(=O)N2CCCCC2)cc1. The Kier molecular flexibility index (Phi) is 10.1. The average molecular weight is 501 g/mol. The molecular formula is C29H44N2O5. The van der Waals surface area contributed by atoms with Crippen molar-refractivity contribution >= 4 is 23.5 Å². The molecule has 1 aromatic carbocycles. The van der Waals surface area contributed by atoms with Gasteiger partial charge in [0.25, 0.3) is 0 Å². The molecule has 1 saturated heterocycles. The molecule has 2 atom stereocenters. The molecule has 0 bridgehead atoms. The van der Waals surface area contributed by atoms with E-state index < -0.39 is 23.3 Å². The van der Waals surface area contributed by atoms with E-state index in [0.29, 0.717) is 19.5 Å². The fraction of sp³-hybridized carbons (Fsp3) is 0.621. The van der Waals surface area contributed by atoms with Crippen LogP contribution in [-0.2, 0) is 19.1 Å². The maximum atomic E-state index is 13.4. The van der Waals surface area contributed by atoms with Gasteiger partial charge in [0.15, 0.2) is 0 Å². The number of piperidine rings is 1.